The molecule has 106 valence electrons. The van der Waals surface area contributed by atoms with E-state index in [1.54, 1.807) is 17.0 Å². The molecule has 2 aliphatic heterocycles. The maximum absolute atomic E-state index is 13.5. The SMILES string of the molecule is C[C@H]1C[C@]2(CCN1)C(N)=NC(=O)N2c1cccc(F)c1. The van der Waals surface area contributed by atoms with Gasteiger partial charge in [-0.1, -0.05) is 6.07 Å². The first-order chi connectivity index (χ1) is 9.53. The normalized spacial score (nSPS) is 29.9. The van der Waals surface area contributed by atoms with Gasteiger partial charge in [0.05, 0.1) is 0 Å². The summed E-state index contributed by atoms with van der Waals surface area (Å²) >= 11 is 0. The summed E-state index contributed by atoms with van der Waals surface area (Å²) in [5.41, 5.74) is 5.91. The average molecular weight is 276 g/mol. The molecule has 0 saturated carbocycles. The van der Waals surface area contributed by atoms with Crippen LogP contribution < -0.4 is 16.0 Å². The van der Waals surface area contributed by atoms with Gasteiger partial charge in [0.15, 0.2) is 0 Å². The van der Waals surface area contributed by atoms with Crippen LogP contribution in [0.2, 0.25) is 0 Å². The Morgan fingerprint density at radius 2 is 2.35 bits per heavy atom. The quantitative estimate of drug-likeness (QED) is 0.819. The number of carbonyl (C=O) groups excluding carboxylic acids is 1. The molecule has 1 aromatic carbocycles. The highest BCUT2D eigenvalue weighted by Crippen LogP contribution is 2.37. The van der Waals surface area contributed by atoms with Crippen LogP contribution in [-0.4, -0.2) is 30.0 Å². The molecule has 3 N–H and O–H groups in total. The number of rotatable bonds is 1. The molecular weight excluding hydrogens is 259 g/mol. The van der Waals surface area contributed by atoms with Crippen molar-refractivity contribution in [3.63, 3.8) is 0 Å². The lowest BCUT2D eigenvalue weighted by Gasteiger charge is -2.43. The Bertz CT molecular complexity index is 588. The van der Waals surface area contributed by atoms with Crippen molar-refractivity contribution in [2.75, 3.05) is 11.4 Å². The average Bonchev–Trinajstić information content (AvgIpc) is 2.60. The number of urea groups is 1. The van der Waals surface area contributed by atoms with Gasteiger partial charge in [-0.15, -0.1) is 0 Å². The van der Waals surface area contributed by atoms with Gasteiger partial charge in [0.1, 0.15) is 17.2 Å². The molecule has 1 spiro atoms. The summed E-state index contributed by atoms with van der Waals surface area (Å²) in [6.45, 7) is 2.79. The van der Waals surface area contributed by atoms with Crippen LogP contribution in [0.15, 0.2) is 29.3 Å². The van der Waals surface area contributed by atoms with Crippen molar-refractivity contribution in [2.24, 2.45) is 10.7 Å². The van der Waals surface area contributed by atoms with Gasteiger partial charge in [-0.05, 0) is 44.5 Å². The molecule has 0 radical (unpaired) electrons. The Kier molecular flexibility index (Phi) is 2.97. The largest absolute Gasteiger partial charge is 0.385 e. The lowest BCUT2D eigenvalue weighted by Crippen LogP contribution is -2.61. The molecule has 2 aliphatic rings. The number of benzene rings is 1. The smallest absolute Gasteiger partial charge is 0.350 e. The Labute approximate surface area is 116 Å². The molecule has 0 aliphatic carbocycles. The third-order valence-electron chi connectivity index (χ3n) is 4.05. The zero-order valence-electron chi connectivity index (χ0n) is 11.3. The van der Waals surface area contributed by atoms with Crippen molar-refractivity contribution < 1.29 is 9.18 Å². The maximum atomic E-state index is 13.5. The third kappa shape index (κ3) is 1.87. The van der Waals surface area contributed by atoms with Crippen molar-refractivity contribution in [2.45, 2.75) is 31.3 Å². The van der Waals surface area contributed by atoms with E-state index in [1.807, 2.05) is 6.92 Å². The van der Waals surface area contributed by atoms with Crippen molar-refractivity contribution in [1.29, 1.82) is 0 Å². The molecule has 0 bridgehead atoms. The monoisotopic (exact) mass is 276 g/mol. The number of nitrogens with one attached hydrogen (secondary N) is 1. The molecule has 5 nitrogen and oxygen atoms in total. The summed E-state index contributed by atoms with van der Waals surface area (Å²) in [5.74, 6) is -0.0435. The van der Waals surface area contributed by atoms with Gasteiger partial charge >= 0.3 is 6.03 Å². The first-order valence-corrected chi connectivity index (χ1v) is 6.71. The van der Waals surface area contributed by atoms with Gasteiger partial charge in [-0.3, -0.25) is 4.90 Å². The minimum absolute atomic E-state index is 0.222. The lowest BCUT2D eigenvalue weighted by atomic mass is 9.82. The number of nitrogens with two attached hydrogens (primary N) is 1. The van der Waals surface area contributed by atoms with E-state index in [1.165, 1.54) is 12.1 Å². The van der Waals surface area contributed by atoms with E-state index >= 15 is 0 Å². The summed E-state index contributed by atoms with van der Waals surface area (Å²) in [6.07, 6.45) is 1.35. The Morgan fingerprint density at radius 3 is 3.05 bits per heavy atom. The summed E-state index contributed by atoms with van der Waals surface area (Å²) in [7, 11) is 0. The number of piperidine rings is 1. The zero-order chi connectivity index (χ0) is 14.3. The van der Waals surface area contributed by atoms with Crippen molar-refractivity contribution in [1.82, 2.24) is 5.32 Å². The van der Waals surface area contributed by atoms with E-state index in [0.717, 1.165) is 6.54 Å². The standard InChI is InChI=1S/C14H17FN4O/c1-9-8-14(5-6-17-9)12(16)18-13(20)19(14)11-4-2-3-10(15)7-11/h2-4,7,9,17H,5-6,8H2,1H3,(H2,16,18,20)/t9-,14+/m0/s1. The maximum Gasteiger partial charge on any atom is 0.350 e. The van der Waals surface area contributed by atoms with Crippen LogP contribution in [0.3, 0.4) is 0 Å². The number of nitrogens with zero attached hydrogens (tertiary/aromatic N) is 2. The Hall–Kier alpha value is -1.95. The van der Waals surface area contributed by atoms with Crippen molar-refractivity contribution in [3.8, 4) is 0 Å². The van der Waals surface area contributed by atoms with Gasteiger partial charge in [0.25, 0.3) is 0 Å². The number of hydrogen-bond acceptors (Lipinski definition) is 3. The molecule has 2 atom stereocenters. The van der Waals surface area contributed by atoms with E-state index < -0.39 is 11.6 Å². The van der Waals surface area contributed by atoms with Gasteiger partial charge in [0.2, 0.25) is 0 Å². The van der Waals surface area contributed by atoms with Crippen LogP contribution in [0.25, 0.3) is 0 Å². The molecular formula is C14H17FN4O. The number of amides is 2. The molecule has 20 heavy (non-hydrogen) atoms. The van der Waals surface area contributed by atoms with Crippen LogP contribution in [0.1, 0.15) is 19.8 Å². The minimum atomic E-state index is -0.629. The fourth-order valence-corrected chi connectivity index (χ4v) is 3.17. The summed E-state index contributed by atoms with van der Waals surface area (Å²) in [5, 5.41) is 3.33. The van der Waals surface area contributed by atoms with Crippen molar-refractivity contribution in [3.05, 3.63) is 30.1 Å². The minimum Gasteiger partial charge on any atom is -0.385 e. The first-order valence-electron chi connectivity index (χ1n) is 6.71. The highest BCUT2D eigenvalue weighted by atomic mass is 19.1. The van der Waals surface area contributed by atoms with Gasteiger partial charge in [-0.25, -0.2) is 9.18 Å². The zero-order valence-corrected chi connectivity index (χ0v) is 11.3. The molecule has 1 saturated heterocycles. The molecule has 1 fully saturated rings. The summed E-state index contributed by atoms with van der Waals surface area (Å²) in [6, 6.07) is 5.81. The fraction of sp³-hybridized carbons (Fsp3) is 0.429. The van der Waals surface area contributed by atoms with E-state index in [4.69, 9.17) is 5.73 Å². The van der Waals surface area contributed by atoms with E-state index in [-0.39, 0.29) is 11.9 Å². The van der Waals surface area contributed by atoms with Crippen LogP contribution in [0.4, 0.5) is 14.9 Å². The van der Waals surface area contributed by atoms with Crippen LogP contribution in [-0.2, 0) is 0 Å². The third-order valence-corrected chi connectivity index (χ3v) is 4.05. The van der Waals surface area contributed by atoms with Crippen LogP contribution >= 0.6 is 0 Å². The van der Waals surface area contributed by atoms with Gasteiger partial charge < -0.3 is 11.1 Å². The Morgan fingerprint density at radius 1 is 1.55 bits per heavy atom. The number of aliphatic imine (C=N–C) groups is 1. The number of hydrogen-bond donors (Lipinski definition) is 2. The lowest BCUT2D eigenvalue weighted by molar-refractivity contribution is 0.247. The molecule has 2 heterocycles. The highest BCUT2D eigenvalue weighted by Gasteiger charge is 2.51. The predicted octanol–water partition coefficient (Wildman–Crippen LogP) is 1.63. The predicted molar refractivity (Wildman–Crippen MR) is 75.3 cm³/mol. The van der Waals surface area contributed by atoms with E-state index in [0.29, 0.717) is 24.4 Å². The van der Waals surface area contributed by atoms with E-state index in [2.05, 4.69) is 10.3 Å². The van der Waals surface area contributed by atoms with E-state index in [9.17, 15) is 9.18 Å². The highest BCUT2D eigenvalue weighted by molar-refractivity contribution is 6.15. The van der Waals surface area contributed by atoms with Crippen LogP contribution in [0.5, 0.6) is 0 Å². The molecule has 3 rings (SSSR count). The second kappa shape index (κ2) is 4.56. The molecule has 0 unspecified atom stereocenters. The topological polar surface area (TPSA) is 70.7 Å². The summed E-state index contributed by atoms with van der Waals surface area (Å²) < 4.78 is 13.5. The molecule has 1 aromatic rings. The first kappa shape index (κ1) is 13.1. The second-order valence-electron chi connectivity index (χ2n) is 5.44. The number of anilines is 1. The Balaban J connectivity index is 2.06. The number of halogens is 1. The van der Waals surface area contributed by atoms with Crippen LogP contribution in [0, 0.1) is 5.82 Å². The number of amidine groups is 1. The second-order valence-corrected chi connectivity index (χ2v) is 5.44. The molecule has 6 heteroatoms. The number of carbonyl (C=O) groups is 1. The summed E-state index contributed by atoms with van der Waals surface area (Å²) in [4.78, 5) is 17.7. The molecule has 0 aromatic heterocycles. The molecule has 2 amide bonds. The van der Waals surface area contributed by atoms with Crippen molar-refractivity contribution >= 4 is 17.6 Å². The fourth-order valence-electron chi connectivity index (χ4n) is 3.17. The van der Waals surface area contributed by atoms with Gasteiger partial charge in [-0.2, -0.15) is 4.99 Å². The van der Waals surface area contributed by atoms with Gasteiger partial charge in [0, 0.05) is 11.7 Å².